The molecule has 0 aromatic heterocycles. The molecule has 40 heavy (non-hydrogen) atoms. The zero-order valence-electron chi connectivity index (χ0n) is 22.9. The van der Waals surface area contributed by atoms with E-state index in [2.05, 4.69) is 12.2 Å². The van der Waals surface area contributed by atoms with Crippen LogP contribution in [0.15, 0.2) is 0 Å². The van der Waals surface area contributed by atoms with E-state index >= 15 is 0 Å². The van der Waals surface area contributed by atoms with Crippen molar-refractivity contribution in [1.29, 1.82) is 0 Å². The van der Waals surface area contributed by atoms with E-state index in [1.54, 1.807) is 0 Å². The van der Waals surface area contributed by atoms with Gasteiger partial charge in [-0.15, -0.1) is 0 Å². The Kier molecular flexibility index (Phi) is 14.1. The lowest BCUT2D eigenvalue weighted by molar-refractivity contribution is -0.369. The maximum absolute atomic E-state index is 12.5. The van der Waals surface area contributed by atoms with Crippen LogP contribution in [0.25, 0.3) is 0 Å². The van der Waals surface area contributed by atoms with Gasteiger partial charge in [-0.1, -0.05) is 39.0 Å². The van der Waals surface area contributed by atoms with Crippen LogP contribution in [-0.2, 0) is 28.5 Å². The summed E-state index contributed by atoms with van der Waals surface area (Å²) in [6.45, 7) is 1.68. The molecule has 9 N–H and O–H groups in total. The summed E-state index contributed by atoms with van der Waals surface area (Å²) in [4.78, 5) is 24.2. The first-order valence-corrected chi connectivity index (χ1v) is 13.7. The molecule has 0 aromatic rings. The average Bonchev–Trinajstić information content (AvgIpc) is 2.91. The van der Waals surface area contributed by atoms with Gasteiger partial charge in [-0.05, 0) is 6.42 Å². The zero-order chi connectivity index (χ0) is 30.0. The highest BCUT2D eigenvalue weighted by Gasteiger charge is 2.59. The number of ether oxygens (including phenoxy) is 4. The summed E-state index contributed by atoms with van der Waals surface area (Å²) in [6, 6.07) is -1.42. The highest BCUT2D eigenvalue weighted by molar-refractivity contribution is 5.76. The van der Waals surface area contributed by atoms with Crippen LogP contribution in [0.4, 0.5) is 0 Å². The Morgan fingerprint density at radius 3 is 2.27 bits per heavy atom. The van der Waals surface area contributed by atoms with Crippen molar-refractivity contribution < 1.29 is 69.4 Å². The van der Waals surface area contributed by atoms with Crippen LogP contribution in [0.5, 0.6) is 0 Å². The van der Waals surface area contributed by atoms with E-state index in [9.17, 15) is 50.4 Å². The molecule has 1 amide bonds. The van der Waals surface area contributed by atoms with Crippen molar-refractivity contribution in [3.8, 4) is 0 Å². The SMILES string of the molecule is CCCCCCCCO[C@@H]1O[C@H](CO)[C@H](O)[C@H](O[C@]2(C(=O)O)C[C@H](O)[C@@H](NC(C)=O)[C@H]([C@H](O)[C@H](O)CO)O2)[C@H]1O. The number of hydrogen-bond donors (Lipinski definition) is 9. The summed E-state index contributed by atoms with van der Waals surface area (Å²) in [5.74, 6) is -5.30. The molecule has 0 aromatic carbocycles. The molecule has 2 saturated heterocycles. The Bertz CT molecular complexity index is 789. The van der Waals surface area contributed by atoms with Gasteiger partial charge >= 0.3 is 5.97 Å². The van der Waals surface area contributed by atoms with Crippen molar-refractivity contribution in [3.63, 3.8) is 0 Å². The Morgan fingerprint density at radius 2 is 1.70 bits per heavy atom. The number of aliphatic carboxylic acids is 1. The third-order valence-electron chi connectivity index (χ3n) is 7.11. The Balaban J connectivity index is 2.27. The van der Waals surface area contributed by atoms with Crippen molar-refractivity contribution in [3.05, 3.63) is 0 Å². The maximum atomic E-state index is 12.5. The van der Waals surface area contributed by atoms with Crippen LogP contribution in [-0.4, -0.2) is 140 Å². The maximum Gasteiger partial charge on any atom is 0.364 e. The van der Waals surface area contributed by atoms with Crippen LogP contribution in [0, 0.1) is 0 Å². The number of carbonyl (C=O) groups excluding carboxylic acids is 1. The quantitative estimate of drug-likeness (QED) is 0.0842. The fourth-order valence-corrected chi connectivity index (χ4v) is 4.88. The third-order valence-corrected chi connectivity index (χ3v) is 7.11. The van der Waals surface area contributed by atoms with Crippen molar-refractivity contribution >= 4 is 11.9 Å². The molecule has 0 radical (unpaired) electrons. The van der Waals surface area contributed by atoms with Gasteiger partial charge in [0, 0.05) is 20.0 Å². The first-order chi connectivity index (χ1) is 18.9. The van der Waals surface area contributed by atoms with Crippen molar-refractivity contribution in [2.45, 2.75) is 126 Å². The van der Waals surface area contributed by atoms with E-state index in [1.165, 1.54) is 0 Å². The first-order valence-electron chi connectivity index (χ1n) is 13.7. The molecule has 0 aliphatic carbocycles. The lowest BCUT2D eigenvalue weighted by atomic mass is 9.88. The third kappa shape index (κ3) is 8.75. The Morgan fingerprint density at radius 1 is 1.05 bits per heavy atom. The Hall–Kier alpha value is -1.50. The minimum atomic E-state index is -2.82. The second-order valence-corrected chi connectivity index (χ2v) is 10.3. The number of aliphatic hydroxyl groups excluding tert-OH is 7. The van der Waals surface area contributed by atoms with Gasteiger partial charge < -0.3 is 65.1 Å². The molecule has 0 spiro atoms. The van der Waals surface area contributed by atoms with E-state index in [4.69, 9.17) is 18.9 Å². The number of nitrogens with one attached hydrogen (secondary N) is 1. The van der Waals surface area contributed by atoms with Crippen LogP contribution in [0.2, 0.25) is 0 Å². The van der Waals surface area contributed by atoms with Gasteiger partial charge in [-0.25, -0.2) is 4.79 Å². The number of rotatable bonds is 16. The predicted molar refractivity (Wildman–Crippen MR) is 135 cm³/mol. The fraction of sp³-hybridized carbons (Fsp3) is 0.920. The lowest BCUT2D eigenvalue weighted by Gasteiger charge is -2.50. The molecule has 2 aliphatic heterocycles. The molecule has 2 fully saturated rings. The van der Waals surface area contributed by atoms with Crippen LogP contribution in [0.1, 0.15) is 58.8 Å². The fourth-order valence-electron chi connectivity index (χ4n) is 4.88. The average molecular weight is 584 g/mol. The van der Waals surface area contributed by atoms with E-state index in [0.29, 0.717) is 6.42 Å². The van der Waals surface area contributed by atoms with Gasteiger partial charge in [-0.2, -0.15) is 0 Å². The monoisotopic (exact) mass is 583 g/mol. The number of unbranched alkanes of at least 4 members (excludes halogenated alkanes) is 5. The normalized spacial score (nSPS) is 36.1. The minimum absolute atomic E-state index is 0.166. The molecule has 234 valence electrons. The highest BCUT2D eigenvalue weighted by Crippen LogP contribution is 2.37. The first kappa shape index (κ1) is 34.7. The molecule has 2 aliphatic rings. The second kappa shape index (κ2) is 16.2. The van der Waals surface area contributed by atoms with Crippen molar-refractivity contribution in [1.82, 2.24) is 5.32 Å². The van der Waals surface area contributed by atoms with Crippen LogP contribution >= 0.6 is 0 Å². The van der Waals surface area contributed by atoms with Crippen molar-refractivity contribution in [2.24, 2.45) is 0 Å². The molecule has 0 bridgehead atoms. The summed E-state index contributed by atoms with van der Waals surface area (Å²) in [7, 11) is 0. The summed E-state index contributed by atoms with van der Waals surface area (Å²) < 4.78 is 22.3. The molecule has 0 saturated carbocycles. The summed E-state index contributed by atoms with van der Waals surface area (Å²) in [6.07, 6.45) is -10.5. The van der Waals surface area contributed by atoms with Gasteiger partial charge in [0.2, 0.25) is 5.91 Å². The zero-order valence-corrected chi connectivity index (χ0v) is 22.9. The molecule has 2 rings (SSSR count). The van der Waals surface area contributed by atoms with Crippen LogP contribution in [0.3, 0.4) is 0 Å². The minimum Gasteiger partial charge on any atom is -0.477 e. The van der Waals surface area contributed by atoms with E-state index < -0.39 is 98.5 Å². The molecule has 0 unspecified atom stereocenters. The molecule has 11 atom stereocenters. The standard InChI is InChI=1S/C25H45NO14/c1-3-4-5-6-7-8-9-37-23-20(34)22(19(33)16(12-28)38-23)40-25(24(35)36)10-14(30)17(26-13(2)29)21(39-25)18(32)15(31)11-27/h14-23,27-28,30-34H,3-12H2,1-2H3,(H,26,29)(H,35,36)/t14-,15+,16+,17+,18+,19-,20+,21+,22-,23+,25-/m0/s1. The van der Waals surface area contributed by atoms with E-state index in [-0.39, 0.29) is 6.61 Å². The number of carboxylic acid groups (broad SMARTS) is 1. The van der Waals surface area contributed by atoms with Crippen LogP contribution < -0.4 is 5.32 Å². The number of aliphatic hydroxyl groups is 7. The predicted octanol–water partition coefficient (Wildman–Crippen LogP) is -2.66. The van der Waals surface area contributed by atoms with Gasteiger partial charge in [-0.3, -0.25) is 4.79 Å². The van der Waals surface area contributed by atoms with E-state index in [0.717, 1.165) is 39.0 Å². The molecular formula is C25H45NO14. The largest absolute Gasteiger partial charge is 0.477 e. The molecule has 15 heteroatoms. The van der Waals surface area contributed by atoms with Gasteiger partial charge in [0.05, 0.1) is 25.4 Å². The van der Waals surface area contributed by atoms with Gasteiger partial charge in [0.25, 0.3) is 5.79 Å². The van der Waals surface area contributed by atoms with E-state index in [1.807, 2.05) is 0 Å². The number of carboxylic acids is 1. The Labute approximate surface area is 232 Å². The number of carbonyl (C=O) groups is 2. The number of hydrogen-bond acceptors (Lipinski definition) is 13. The van der Waals surface area contributed by atoms with Gasteiger partial charge in [0.1, 0.15) is 42.7 Å². The molecule has 2 heterocycles. The summed E-state index contributed by atoms with van der Waals surface area (Å²) in [5.41, 5.74) is 0. The molecule has 15 nitrogen and oxygen atoms in total. The summed E-state index contributed by atoms with van der Waals surface area (Å²) in [5, 5.41) is 84.5. The lowest BCUT2D eigenvalue weighted by Crippen LogP contribution is -2.70. The smallest absolute Gasteiger partial charge is 0.364 e. The van der Waals surface area contributed by atoms with Gasteiger partial charge in [0.15, 0.2) is 6.29 Å². The molecular weight excluding hydrogens is 538 g/mol. The summed E-state index contributed by atoms with van der Waals surface area (Å²) >= 11 is 0. The topological polar surface area (TPSA) is 245 Å². The van der Waals surface area contributed by atoms with Crippen molar-refractivity contribution in [2.75, 3.05) is 19.8 Å². The highest BCUT2D eigenvalue weighted by atomic mass is 16.8. The number of amides is 1. The second-order valence-electron chi connectivity index (χ2n) is 10.3.